The maximum Gasteiger partial charge on any atom is 0.174 e. The Labute approximate surface area is 149 Å². The number of rotatable bonds is 5. The highest BCUT2D eigenvalue weighted by Crippen LogP contribution is 2.20. The number of nitrogens with one attached hydrogen (secondary N) is 1. The molecule has 3 aromatic rings. The molecule has 0 aliphatic rings. The molecule has 8 heteroatoms. The predicted octanol–water partition coefficient (Wildman–Crippen LogP) is 3.22. The molecule has 0 spiro atoms. The van der Waals surface area contributed by atoms with E-state index in [1.165, 1.54) is 12.1 Å². The minimum absolute atomic E-state index is 0.0207. The molecule has 1 aromatic carbocycles. The molecule has 3 rings (SSSR count). The van der Waals surface area contributed by atoms with E-state index in [0.717, 1.165) is 11.4 Å². The summed E-state index contributed by atoms with van der Waals surface area (Å²) in [7, 11) is 0. The molecule has 2 aromatic heterocycles. The minimum atomic E-state index is -0.911. The fourth-order valence-electron chi connectivity index (χ4n) is 2.44. The molecule has 25 heavy (non-hydrogen) atoms. The van der Waals surface area contributed by atoms with Gasteiger partial charge in [-0.3, -0.25) is 4.98 Å². The topological polar surface area (TPSA) is 75.9 Å². The molecule has 0 bridgehead atoms. The summed E-state index contributed by atoms with van der Waals surface area (Å²) in [6, 6.07) is 6.15. The van der Waals surface area contributed by atoms with E-state index in [1.54, 1.807) is 23.1 Å². The normalized spacial score (nSPS) is 12.2. The minimum Gasteiger partial charge on any atom is -0.387 e. The predicted molar refractivity (Wildman–Crippen MR) is 93.5 cm³/mol. The van der Waals surface area contributed by atoms with Gasteiger partial charge < -0.3 is 10.4 Å². The van der Waals surface area contributed by atoms with Gasteiger partial charge in [0.15, 0.2) is 5.82 Å². The molecule has 2 N–H and O–H groups in total. The SMILES string of the molecule is Cc1cc(C)n(-c2cncc(NCC(O)c3ccc(Cl)c(F)c3)n2)n1. The van der Waals surface area contributed by atoms with E-state index in [-0.39, 0.29) is 11.6 Å². The standard InChI is InChI=1S/C17H17ClFN5O/c1-10-5-11(2)24(23-10)17-9-20-8-16(22-17)21-7-15(25)12-3-4-13(18)14(19)6-12/h3-6,8-9,15,25H,7H2,1-2H3,(H,21,22). The van der Waals surface area contributed by atoms with Crippen LogP contribution in [0.25, 0.3) is 5.82 Å². The largest absolute Gasteiger partial charge is 0.387 e. The highest BCUT2D eigenvalue weighted by Gasteiger charge is 2.11. The van der Waals surface area contributed by atoms with Gasteiger partial charge in [-0.2, -0.15) is 5.10 Å². The summed E-state index contributed by atoms with van der Waals surface area (Å²) in [5, 5.41) is 17.6. The zero-order chi connectivity index (χ0) is 18.0. The number of hydrogen-bond acceptors (Lipinski definition) is 5. The Kier molecular flexibility index (Phi) is 4.96. The first-order valence-electron chi connectivity index (χ1n) is 7.66. The Hall–Kier alpha value is -2.51. The lowest BCUT2D eigenvalue weighted by atomic mass is 10.1. The zero-order valence-corrected chi connectivity index (χ0v) is 14.5. The highest BCUT2D eigenvalue weighted by atomic mass is 35.5. The van der Waals surface area contributed by atoms with Gasteiger partial charge in [-0.1, -0.05) is 17.7 Å². The molecular formula is C17H17ClFN5O. The lowest BCUT2D eigenvalue weighted by Gasteiger charge is -2.13. The number of benzene rings is 1. The lowest BCUT2D eigenvalue weighted by Crippen LogP contribution is -2.14. The summed E-state index contributed by atoms with van der Waals surface area (Å²) in [6.07, 6.45) is 2.24. The Morgan fingerprint density at radius 1 is 1.28 bits per heavy atom. The summed E-state index contributed by atoms with van der Waals surface area (Å²) in [4.78, 5) is 8.58. The van der Waals surface area contributed by atoms with E-state index in [2.05, 4.69) is 20.4 Å². The molecule has 2 heterocycles. The second-order valence-corrected chi connectivity index (χ2v) is 6.08. The van der Waals surface area contributed by atoms with Gasteiger partial charge in [0.2, 0.25) is 0 Å². The number of aryl methyl sites for hydroxylation is 2. The van der Waals surface area contributed by atoms with Crippen LogP contribution in [-0.4, -0.2) is 31.4 Å². The number of halogens is 2. The maximum absolute atomic E-state index is 13.5. The van der Waals surface area contributed by atoms with Crippen LogP contribution in [0.4, 0.5) is 10.2 Å². The molecule has 0 aliphatic carbocycles. The summed E-state index contributed by atoms with van der Waals surface area (Å²) >= 11 is 5.65. The van der Waals surface area contributed by atoms with Crippen LogP contribution in [0.3, 0.4) is 0 Å². The Balaban J connectivity index is 1.72. The number of aliphatic hydroxyl groups is 1. The Bertz CT molecular complexity index is 898. The number of aromatic nitrogens is 4. The van der Waals surface area contributed by atoms with Crippen LogP contribution in [-0.2, 0) is 0 Å². The van der Waals surface area contributed by atoms with Gasteiger partial charge >= 0.3 is 0 Å². The molecule has 0 saturated carbocycles. The number of aliphatic hydroxyl groups excluding tert-OH is 1. The van der Waals surface area contributed by atoms with Gasteiger partial charge in [-0.05, 0) is 37.6 Å². The van der Waals surface area contributed by atoms with Gasteiger partial charge in [0.25, 0.3) is 0 Å². The van der Waals surface area contributed by atoms with E-state index in [1.807, 2.05) is 19.9 Å². The van der Waals surface area contributed by atoms with E-state index >= 15 is 0 Å². The van der Waals surface area contributed by atoms with Crippen molar-refractivity contribution >= 4 is 17.4 Å². The number of hydrogen-bond donors (Lipinski definition) is 2. The van der Waals surface area contributed by atoms with Crippen LogP contribution in [0.15, 0.2) is 36.7 Å². The van der Waals surface area contributed by atoms with Crippen LogP contribution < -0.4 is 5.32 Å². The van der Waals surface area contributed by atoms with Gasteiger partial charge in [0, 0.05) is 12.2 Å². The molecule has 0 saturated heterocycles. The smallest absolute Gasteiger partial charge is 0.174 e. The quantitative estimate of drug-likeness (QED) is 0.729. The average Bonchev–Trinajstić information content (AvgIpc) is 2.94. The Morgan fingerprint density at radius 2 is 2.08 bits per heavy atom. The molecule has 0 radical (unpaired) electrons. The summed E-state index contributed by atoms with van der Waals surface area (Å²) in [5.74, 6) is 0.491. The first-order chi connectivity index (χ1) is 11.9. The van der Waals surface area contributed by atoms with Crippen LogP contribution in [0.1, 0.15) is 23.1 Å². The fourth-order valence-corrected chi connectivity index (χ4v) is 2.56. The molecule has 130 valence electrons. The van der Waals surface area contributed by atoms with E-state index in [9.17, 15) is 9.50 Å². The highest BCUT2D eigenvalue weighted by molar-refractivity contribution is 6.30. The van der Waals surface area contributed by atoms with Crippen molar-refractivity contribution in [2.45, 2.75) is 20.0 Å². The number of anilines is 1. The summed E-state index contributed by atoms with van der Waals surface area (Å²) in [5.41, 5.74) is 2.26. The van der Waals surface area contributed by atoms with Crippen molar-refractivity contribution in [1.29, 1.82) is 0 Å². The van der Waals surface area contributed by atoms with Crippen molar-refractivity contribution in [2.24, 2.45) is 0 Å². The fraction of sp³-hybridized carbons (Fsp3) is 0.235. The maximum atomic E-state index is 13.5. The first-order valence-corrected chi connectivity index (χ1v) is 8.04. The molecule has 1 unspecified atom stereocenters. The van der Waals surface area contributed by atoms with Gasteiger partial charge in [-0.25, -0.2) is 14.1 Å². The second-order valence-electron chi connectivity index (χ2n) is 5.67. The zero-order valence-electron chi connectivity index (χ0n) is 13.7. The van der Waals surface area contributed by atoms with Gasteiger partial charge in [0.05, 0.1) is 29.2 Å². The Morgan fingerprint density at radius 3 is 2.76 bits per heavy atom. The van der Waals surface area contributed by atoms with Crippen molar-refractivity contribution in [3.8, 4) is 5.82 Å². The molecule has 0 amide bonds. The third kappa shape index (κ3) is 3.94. The summed E-state index contributed by atoms with van der Waals surface area (Å²) in [6.45, 7) is 3.98. The molecular weight excluding hydrogens is 345 g/mol. The van der Waals surface area contributed by atoms with Gasteiger partial charge in [-0.15, -0.1) is 0 Å². The third-order valence-corrected chi connectivity index (χ3v) is 3.96. The average molecular weight is 362 g/mol. The van der Waals surface area contributed by atoms with Crippen LogP contribution in [0.2, 0.25) is 5.02 Å². The molecule has 6 nitrogen and oxygen atoms in total. The number of nitrogens with zero attached hydrogens (tertiary/aromatic N) is 4. The second kappa shape index (κ2) is 7.16. The van der Waals surface area contributed by atoms with Crippen molar-refractivity contribution in [1.82, 2.24) is 19.7 Å². The van der Waals surface area contributed by atoms with Crippen molar-refractivity contribution in [3.63, 3.8) is 0 Å². The van der Waals surface area contributed by atoms with Crippen LogP contribution in [0, 0.1) is 19.7 Å². The summed E-state index contributed by atoms with van der Waals surface area (Å²) < 4.78 is 15.2. The molecule has 0 fully saturated rings. The van der Waals surface area contributed by atoms with E-state index in [4.69, 9.17) is 11.6 Å². The van der Waals surface area contributed by atoms with E-state index in [0.29, 0.717) is 17.2 Å². The van der Waals surface area contributed by atoms with Crippen molar-refractivity contribution in [3.05, 3.63) is 64.5 Å². The van der Waals surface area contributed by atoms with Gasteiger partial charge in [0.1, 0.15) is 11.6 Å². The van der Waals surface area contributed by atoms with Crippen molar-refractivity contribution < 1.29 is 9.50 Å². The van der Waals surface area contributed by atoms with Crippen LogP contribution in [0.5, 0.6) is 0 Å². The molecule has 1 atom stereocenters. The van der Waals surface area contributed by atoms with Crippen LogP contribution >= 0.6 is 11.6 Å². The lowest BCUT2D eigenvalue weighted by molar-refractivity contribution is 0.191. The third-order valence-electron chi connectivity index (χ3n) is 3.65. The molecule has 0 aliphatic heterocycles. The van der Waals surface area contributed by atoms with E-state index < -0.39 is 11.9 Å². The monoisotopic (exact) mass is 361 g/mol. The first kappa shape index (κ1) is 17.3. The van der Waals surface area contributed by atoms with Crippen molar-refractivity contribution in [2.75, 3.05) is 11.9 Å².